The number of halogens is 1. The fourth-order valence-corrected chi connectivity index (χ4v) is 3.51. The smallest absolute Gasteiger partial charge is 0.151 e. The van der Waals surface area contributed by atoms with Crippen molar-refractivity contribution < 1.29 is 4.74 Å². The van der Waals surface area contributed by atoms with Crippen molar-refractivity contribution >= 4 is 28.8 Å². The van der Waals surface area contributed by atoms with Crippen LogP contribution in [-0.4, -0.2) is 55.5 Å². The highest BCUT2D eigenvalue weighted by Gasteiger charge is 2.26. The molecule has 0 radical (unpaired) electrons. The number of aliphatic imine (C=N–C) groups is 1. The van der Waals surface area contributed by atoms with Crippen LogP contribution in [0.25, 0.3) is 0 Å². The van der Waals surface area contributed by atoms with E-state index in [0.717, 1.165) is 54.9 Å². The summed E-state index contributed by atoms with van der Waals surface area (Å²) < 4.78 is 6.05. The summed E-state index contributed by atoms with van der Waals surface area (Å²) in [6, 6.07) is 13.7. The normalized spacial score (nSPS) is 18.3. The van der Waals surface area contributed by atoms with E-state index in [-0.39, 0.29) is 0 Å². The van der Waals surface area contributed by atoms with Crippen LogP contribution in [0.2, 0.25) is 5.02 Å². The van der Waals surface area contributed by atoms with E-state index in [9.17, 15) is 0 Å². The van der Waals surface area contributed by atoms with E-state index in [4.69, 9.17) is 21.3 Å². The number of nitrogens with zero attached hydrogens (tertiary/aromatic N) is 4. The lowest BCUT2D eigenvalue weighted by molar-refractivity contribution is 0.158. The molecule has 0 N–H and O–H groups in total. The molecule has 0 spiro atoms. The highest BCUT2D eigenvalue weighted by molar-refractivity contribution is 6.31. The van der Waals surface area contributed by atoms with E-state index < -0.39 is 0 Å². The second kappa shape index (κ2) is 7.27. The molecule has 1 saturated heterocycles. The van der Waals surface area contributed by atoms with Gasteiger partial charge in [-0.2, -0.15) is 0 Å². The molecule has 0 atom stereocenters. The van der Waals surface area contributed by atoms with Gasteiger partial charge in [-0.3, -0.25) is 14.8 Å². The van der Waals surface area contributed by atoms with Gasteiger partial charge in [0.15, 0.2) is 11.5 Å². The van der Waals surface area contributed by atoms with Gasteiger partial charge in [-0.05, 0) is 44.3 Å². The zero-order chi connectivity index (χ0) is 18.1. The van der Waals surface area contributed by atoms with Crippen molar-refractivity contribution in [2.45, 2.75) is 6.92 Å². The lowest BCUT2D eigenvalue weighted by Gasteiger charge is -2.34. The summed E-state index contributed by atoms with van der Waals surface area (Å²) in [6.07, 6.45) is 0. The van der Waals surface area contributed by atoms with Gasteiger partial charge >= 0.3 is 0 Å². The van der Waals surface area contributed by atoms with E-state index in [1.807, 2.05) is 49.4 Å². The van der Waals surface area contributed by atoms with Gasteiger partial charge in [-0.1, -0.05) is 23.7 Å². The van der Waals surface area contributed by atoms with Crippen LogP contribution in [0.4, 0.5) is 11.4 Å². The number of para-hydroxylation sites is 2. The lowest BCUT2D eigenvalue weighted by Crippen LogP contribution is -2.44. The summed E-state index contributed by atoms with van der Waals surface area (Å²) in [5.41, 5.74) is 1.91. The molecule has 0 aliphatic carbocycles. The van der Waals surface area contributed by atoms with Crippen molar-refractivity contribution in [2.75, 3.05) is 44.8 Å². The Labute approximate surface area is 159 Å². The minimum Gasteiger partial charge on any atom is -0.453 e. The van der Waals surface area contributed by atoms with E-state index in [0.29, 0.717) is 11.7 Å². The van der Waals surface area contributed by atoms with E-state index in [2.05, 4.69) is 21.7 Å². The Morgan fingerprint density at radius 1 is 1.04 bits per heavy atom. The van der Waals surface area contributed by atoms with Gasteiger partial charge in [0.2, 0.25) is 0 Å². The predicted octanol–water partition coefficient (Wildman–Crippen LogP) is 4.21. The van der Waals surface area contributed by atoms with Crippen molar-refractivity contribution in [1.29, 1.82) is 0 Å². The molecule has 2 heterocycles. The lowest BCUT2D eigenvalue weighted by atomic mass is 10.1. The average molecular weight is 371 g/mol. The van der Waals surface area contributed by atoms with Crippen LogP contribution >= 0.6 is 11.6 Å². The maximum absolute atomic E-state index is 6.25. The molecular weight excluding hydrogens is 348 g/mol. The topological polar surface area (TPSA) is 31.3 Å². The highest BCUT2D eigenvalue weighted by Crippen LogP contribution is 2.47. The SMILES string of the molecule is CC(=NCN1CCN(C)CC1)N1c2ccccc2Oc2ccc(Cl)cc21. The van der Waals surface area contributed by atoms with Crippen LogP contribution in [-0.2, 0) is 0 Å². The van der Waals surface area contributed by atoms with Crippen LogP contribution < -0.4 is 9.64 Å². The molecule has 0 saturated carbocycles. The van der Waals surface area contributed by atoms with Crippen LogP contribution in [0.1, 0.15) is 6.92 Å². The number of ether oxygens (including phenoxy) is 1. The molecule has 4 rings (SSSR count). The first kappa shape index (κ1) is 17.3. The van der Waals surface area contributed by atoms with Crippen molar-refractivity contribution in [3.05, 3.63) is 47.5 Å². The molecule has 136 valence electrons. The van der Waals surface area contributed by atoms with Gasteiger partial charge < -0.3 is 9.64 Å². The minimum atomic E-state index is 0.684. The number of anilines is 2. The third kappa shape index (κ3) is 3.43. The van der Waals surface area contributed by atoms with Gasteiger partial charge in [0.1, 0.15) is 5.84 Å². The molecule has 2 aromatic rings. The maximum Gasteiger partial charge on any atom is 0.151 e. The monoisotopic (exact) mass is 370 g/mol. The number of piperazine rings is 1. The maximum atomic E-state index is 6.25. The summed E-state index contributed by atoms with van der Waals surface area (Å²) in [5.74, 6) is 2.56. The first-order valence-corrected chi connectivity index (χ1v) is 9.28. The van der Waals surface area contributed by atoms with Crippen LogP contribution in [0, 0.1) is 0 Å². The minimum absolute atomic E-state index is 0.684. The quantitative estimate of drug-likeness (QED) is 0.585. The first-order valence-electron chi connectivity index (χ1n) is 8.90. The zero-order valence-electron chi connectivity index (χ0n) is 15.2. The van der Waals surface area contributed by atoms with Crippen molar-refractivity contribution in [3.8, 4) is 11.5 Å². The van der Waals surface area contributed by atoms with Crippen LogP contribution in [0.5, 0.6) is 11.5 Å². The number of rotatable bonds is 2. The number of hydrogen-bond acceptors (Lipinski definition) is 4. The van der Waals surface area contributed by atoms with Gasteiger partial charge in [0.05, 0.1) is 18.0 Å². The molecule has 0 unspecified atom stereocenters. The summed E-state index contributed by atoms with van der Waals surface area (Å²) in [7, 11) is 2.16. The summed E-state index contributed by atoms with van der Waals surface area (Å²) in [4.78, 5) is 11.7. The fourth-order valence-electron chi connectivity index (χ4n) is 3.34. The Bertz CT molecular complexity index is 830. The van der Waals surface area contributed by atoms with Crippen molar-refractivity contribution in [3.63, 3.8) is 0 Å². The Morgan fingerprint density at radius 2 is 1.77 bits per heavy atom. The van der Waals surface area contributed by atoms with Crippen LogP contribution in [0.3, 0.4) is 0 Å². The van der Waals surface area contributed by atoms with Crippen molar-refractivity contribution in [1.82, 2.24) is 9.80 Å². The number of amidine groups is 1. The Hall–Kier alpha value is -2.08. The Morgan fingerprint density at radius 3 is 2.58 bits per heavy atom. The van der Waals surface area contributed by atoms with E-state index in [1.165, 1.54) is 0 Å². The first-order chi connectivity index (χ1) is 12.6. The molecule has 2 aromatic carbocycles. The van der Waals surface area contributed by atoms with Crippen LogP contribution in [0.15, 0.2) is 47.5 Å². The van der Waals surface area contributed by atoms with E-state index >= 15 is 0 Å². The Kier molecular flexibility index (Phi) is 4.85. The van der Waals surface area contributed by atoms with Crippen molar-refractivity contribution in [2.24, 2.45) is 4.99 Å². The molecule has 0 bridgehead atoms. The molecule has 26 heavy (non-hydrogen) atoms. The summed E-state index contributed by atoms with van der Waals surface area (Å²) in [6.45, 7) is 7.03. The second-order valence-corrected chi connectivity index (χ2v) is 7.22. The van der Waals surface area contributed by atoms with Gasteiger partial charge in [-0.15, -0.1) is 0 Å². The molecule has 6 heteroatoms. The highest BCUT2D eigenvalue weighted by atomic mass is 35.5. The Balaban J connectivity index is 1.64. The number of benzene rings is 2. The molecule has 1 fully saturated rings. The summed E-state index contributed by atoms with van der Waals surface area (Å²) >= 11 is 6.25. The molecule has 0 amide bonds. The fraction of sp³-hybridized carbons (Fsp3) is 0.350. The average Bonchev–Trinajstić information content (AvgIpc) is 2.65. The van der Waals surface area contributed by atoms with Gasteiger partial charge in [0, 0.05) is 31.2 Å². The summed E-state index contributed by atoms with van der Waals surface area (Å²) in [5, 5.41) is 0.684. The zero-order valence-corrected chi connectivity index (χ0v) is 15.9. The van der Waals surface area contributed by atoms with Gasteiger partial charge in [0.25, 0.3) is 0 Å². The third-order valence-electron chi connectivity index (χ3n) is 4.91. The van der Waals surface area contributed by atoms with E-state index in [1.54, 1.807) is 0 Å². The number of fused-ring (bicyclic) bond motifs is 2. The largest absolute Gasteiger partial charge is 0.453 e. The molecule has 0 aromatic heterocycles. The second-order valence-electron chi connectivity index (χ2n) is 6.79. The molecular formula is C20H23ClN4O. The third-order valence-corrected chi connectivity index (χ3v) is 5.14. The molecule has 5 nitrogen and oxygen atoms in total. The number of hydrogen-bond donors (Lipinski definition) is 0. The standard InChI is InChI=1S/C20H23ClN4O/c1-15(22-14-24-11-9-23(2)10-12-24)25-17-5-3-4-6-19(17)26-20-8-7-16(21)13-18(20)25/h3-8,13H,9-12,14H2,1-2H3. The predicted molar refractivity (Wildman–Crippen MR) is 107 cm³/mol. The molecule has 2 aliphatic rings. The molecule has 2 aliphatic heterocycles. The van der Waals surface area contributed by atoms with Gasteiger partial charge in [-0.25, -0.2) is 0 Å². The number of likely N-dealkylation sites (N-methyl/N-ethyl adjacent to an activating group) is 1.